The van der Waals surface area contributed by atoms with Crippen molar-refractivity contribution < 1.29 is 23.1 Å². The van der Waals surface area contributed by atoms with Gasteiger partial charge in [0.1, 0.15) is 6.10 Å². The summed E-state index contributed by atoms with van der Waals surface area (Å²) in [5.74, 6) is 5.84. The van der Waals surface area contributed by atoms with Gasteiger partial charge in [0.15, 0.2) is 0 Å². The van der Waals surface area contributed by atoms with Crippen LogP contribution in [-0.4, -0.2) is 23.7 Å². The summed E-state index contributed by atoms with van der Waals surface area (Å²) < 4.78 is 41.6. The third-order valence-corrected chi connectivity index (χ3v) is 5.08. The van der Waals surface area contributed by atoms with Crippen LogP contribution in [0.25, 0.3) is 11.1 Å². The lowest BCUT2D eigenvalue weighted by atomic mass is 9.95. The molecule has 3 rings (SSSR count). The van der Waals surface area contributed by atoms with E-state index in [0.29, 0.717) is 23.6 Å². The smallest absolute Gasteiger partial charge is 0.396 e. The van der Waals surface area contributed by atoms with Crippen LogP contribution < -0.4 is 21.9 Å². The van der Waals surface area contributed by atoms with Crippen molar-refractivity contribution in [3.8, 4) is 11.1 Å². The Morgan fingerprint density at radius 1 is 1.23 bits per heavy atom. The van der Waals surface area contributed by atoms with Gasteiger partial charge in [-0.15, -0.1) is 0 Å². The van der Waals surface area contributed by atoms with Crippen molar-refractivity contribution >= 4 is 17.3 Å². The van der Waals surface area contributed by atoms with Crippen molar-refractivity contribution in [2.45, 2.75) is 38.6 Å². The highest BCUT2D eigenvalue weighted by atomic mass is 19.4. The molecule has 0 bridgehead atoms. The number of benzene rings is 2. The lowest BCUT2D eigenvalue weighted by molar-refractivity contribution is -0.136. The minimum atomic E-state index is -4.65. The number of hydrogen-bond donors (Lipinski definition) is 4. The largest absolute Gasteiger partial charge is 0.419 e. The zero-order chi connectivity index (χ0) is 22.1. The minimum Gasteiger partial charge on any atom is -0.396 e. The Labute approximate surface area is 172 Å². The quantitative estimate of drug-likeness (QED) is 0.312. The fourth-order valence-corrected chi connectivity index (χ4v) is 3.22. The summed E-state index contributed by atoms with van der Waals surface area (Å²) in [6.45, 7) is 1.96. The van der Waals surface area contributed by atoms with Crippen LogP contribution in [-0.2, 0) is 17.5 Å². The second kappa shape index (κ2) is 8.53. The number of alkyl halides is 3. The van der Waals surface area contributed by atoms with E-state index in [2.05, 4.69) is 5.32 Å². The number of nitrogens with one attached hydrogen (secondary N) is 1. The van der Waals surface area contributed by atoms with Gasteiger partial charge in [-0.2, -0.15) is 13.2 Å². The number of hydrogen-bond acceptors (Lipinski definition) is 5. The number of aliphatic hydroxyl groups excluding tert-OH is 1. The molecule has 2 aromatic carbocycles. The van der Waals surface area contributed by atoms with Crippen LogP contribution in [0.1, 0.15) is 30.9 Å². The predicted octanol–water partition coefficient (Wildman–Crippen LogP) is 3.04. The first-order valence-electron chi connectivity index (χ1n) is 9.65. The molecule has 0 radical (unpaired) electrons. The van der Waals surface area contributed by atoms with Gasteiger partial charge in [0, 0.05) is 13.1 Å². The average Bonchev–Trinajstić information content (AvgIpc) is 3.48. The van der Waals surface area contributed by atoms with Crippen LogP contribution in [0, 0.1) is 5.92 Å². The maximum atomic E-state index is 13.9. The van der Waals surface area contributed by atoms with Gasteiger partial charge in [0.25, 0.3) is 0 Å². The Hall–Kier alpha value is -2.78. The van der Waals surface area contributed by atoms with Gasteiger partial charge in [0.2, 0.25) is 5.91 Å². The maximum Gasteiger partial charge on any atom is 0.419 e. The van der Waals surface area contributed by atoms with Crippen molar-refractivity contribution in [3.63, 3.8) is 0 Å². The fourth-order valence-electron chi connectivity index (χ4n) is 3.22. The second-order valence-electron chi connectivity index (χ2n) is 7.61. The molecule has 6 nitrogen and oxygen atoms in total. The fraction of sp³-hybridized carbons (Fsp3) is 0.381. The van der Waals surface area contributed by atoms with Crippen molar-refractivity contribution in [1.82, 2.24) is 5.32 Å². The molecule has 0 spiro atoms. The molecule has 9 heteroatoms. The number of nitrogen functional groups attached to an aromatic ring is 1. The van der Waals surface area contributed by atoms with Crippen LogP contribution in [0.2, 0.25) is 0 Å². The zero-order valence-corrected chi connectivity index (χ0v) is 16.5. The SMILES string of the molecule is CC(O)C(=O)NCc1ccc(-c2ccc(N(N)CC3CC3)c(N)c2C(F)(F)F)cc1. The van der Waals surface area contributed by atoms with E-state index in [9.17, 15) is 23.1 Å². The van der Waals surface area contributed by atoms with Gasteiger partial charge < -0.3 is 21.2 Å². The molecular weight excluding hydrogens is 397 g/mol. The molecule has 2 aromatic rings. The first-order valence-corrected chi connectivity index (χ1v) is 9.65. The highest BCUT2D eigenvalue weighted by molar-refractivity contribution is 5.82. The normalized spacial score (nSPS) is 15.0. The van der Waals surface area contributed by atoms with Crippen molar-refractivity contribution in [3.05, 3.63) is 47.5 Å². The van der Waals surface area contributed by atoms with Crippen LogP contribution in [0.3, 0.4) is 0 Å². The first kappa shape index (κ1) is 21.9. The number of amides is 1. The molecule has 1 unspecified atom stereocenters. The Balaban J connectivity index is 1.89. The summed E-state index contributed by atoms with van der Waals surface area (Å²) in [5, 5.41) is 13.0. The van der Waals surface area contributed by atoms with Gasteiger partial charge in [-0.25, -0.2) is 5.84 Å². The molecule has 1 fully saturated rings. The highest BCUT2D eigenvalue weighted by Crippen LogP contribution is 2.44. The van der Waals surface area contributed by atoms with Crippen LogP contribution in [0.5, 0.6) is 0 Å². The molecule has 0 aromatic heterocycles. The van der Waals surface area contributed by atoms with E-state index in [1.54, 1.807) is 12.1 Å². The van der Waals surface area contributed by atoms with E-state index >= 15 is 0 Å². The van der Waals surface area contributed by atoms with E-state index in [1.165, 1.54) is 36.2 Å². The lowest BCUT2D eigenvalue weighted by Crippen LogP contribution is -2.34. The Morgan fingerprint density at radius 3 is 2.40 bits per heavy atom. The number of carbonyl (C=O) groups is 1. The monoisotopic (exact) mass is 422 g/mol. The van der Waals surface area contributed by atoms with E-state index in [-0.39, 0.29) is 17.8 Å². The number of rotatable bonds is 7. The van der Waals surface area contributed by atoms with Gasteiger partial charge >= 0.3 is 6.18 Å². The molecule has 30 heavy (non-hydrogen) atoms. The number of aliphatic hydroxyl groups is 1. The standard InChI is InChI=1S/C21H25F3N4O2/c1-12(29)20(30)27-10-13-4-6-15(7-5-13)16-8-9-17(28(26)11-14-2-3-14)19(25)18(16)21(22,23)24/h4-9,12,14,29H,2-3,10-11,25-26H2,1H3,(H,27,30). The van der Waals surface area contributed by atoms with Crippen molar-refractivity contribution in [1.29, 1.82) is 0 Å². The molecule has 0 saturated heterocycles. The van der Waals surface area contributed by atoms with Crippen LogP contribution >= 0.6 is 0 Å². The van der Waals surface area contributed by atoms with E-state index in [1.807, 2.05) is 0 Å². The van der Waals surface area contributed by atoms with E-state index < -0.39 is 29.4 Å². The molecule has 1 aliphatic carbocycles. The van der Waals surface area contributed by atoms with Crippen molar-refractivity contribution in [2.75, 3.05) is 17.3 Å². The number of carbonyl (C=O) groups excluding carboxylic acids is 1. The summed E-state index contributed by atoms with van der Waals surface area (Å²) >= 11 is 0. The molecule has 1 atom stereocenters. The average molecular weight is 422 g/mol. The summed E-state index contributed by atoms with van der Waals surface area (Å²) in [6.07, 6.45) is -3.76. The molecule has 1 aliphatic rings. The maximum absolute atomic E-state index is 13.9. The zero-order valence-electron chi connectivity index (χ0n) is 16.5. The topological polar surface area (TPSA) is 105 Å². The predicted molar refractivity (Wildman–Crippen MR) is 109 cm³/mol. The number of nitrogens with two attached hydrogens (primary N) is 2. The molecule has 0 aliphatic heterocycles. The molecule has 162 valence electrons. The third kappa shape index (κ3) is 5.03. The third-order valence-electron chi connectivity index (χ3n) is 5.08. The van der Waals surface area contributed by atoms with Crippen LogP contribution in [0.15, 0.2) is 36.4 Å². The van der Waals surface area contributed by atoms with Gasteiger partial charge in [-0.05, 0) is 48.4 Å². The Morgan fingerprint density at radius 2 is 1.87 bits per heavy atom. The molecule has 1 amide bonds. The van der Waals surface area contributed by atoms with Crippen LogP contribution in [0.4, 0.5) is 24.5 Å². The summed E-state index contributed by atoms with van der Waals surface area (Å²) in [5.41, 5.74) is 5.78. The highest BCUT2D eigenvalue weighted by Gasteiger charge is 2.38. The Kier molecular flexibility index (Phi) is 6.23. The van der Waals surface area contributed by atoms with Crippen molar-refractivity contribution in [2.24, 2.45) is 11.8 Å². The molecule has 6 N–H and O–H groups in total. The Bertz CT molecular complexity index is 910. The lowest BCUT2D eigenvalue weighted by Gasteiger charge is -2.24. The van der Waals surface area contributed by atoms with Gasteiger partial charge in [-0.3, -0.25) is 4.79 Å². The second-order valence-corrected chi connectivity index (χ2v) is 7.61. The number of hydrazine groups is 1. The number of halogens is 3. The first-order chi connectivity index (χ1) is 14.1. The molecule has 1 saturated carbocycles. The minimum absolute atomic E-state index is 0.0388. The summed E-state index contributed by atoms with van der Waals surface area (Å²) in [7, 11) is 0. The number of anilines is 2. The van der Waals surface area contributed by atoms with Gasteiger partial charge in [0.05, 0.1) is 16.9 Å². The number of nitrogens with zero attached hydrogens (tertiary/aromatic N) is 1. The molecular formula is C21H25F3N4O2. The van der Waals surface area contributed by atoms with E-state index in [0.717, 1.165) is 12.8 Å². The van der Waals surface area contributed by atoms with E-state index in [4.69, 9.17) is 11.6 Å². The van der Waals surface area contributed by atoms with Gasteiger partial charge in [-0.1, -0.05) is 30.3 Å². The molecule has 0 heterocycles. The summed E-state index contributed by atoms with van der Waals surface area (Å²) in [6, 6.07) is 9.20. The summed E-state index contributed by atoms with van der Waals surface area (Å²) in [4.78, 5) is 11.4.